The van der Waals surface area contributed by atoms with Crippen molar-refractivity contribution < 1.29 is 8.42 Å². The molecule has 2 aromatic heterocycles. The Balaban J connectivity index is 1.65. The molecule has 4 rings (SSSR count). The molecule has 1 aliphatic carbocycles. The van der Waals surface area contributed by atoms with E-state index in [0.29, 0.717) is 24.4 Å². The summed E-state index contributed by atoms with van der Waals surface area (Å²) in [4.78, 5) is 21.6. The first kappa shape index (κ1) is 16.6. The van der Waals surface area contributed by atoms with Gasteiger partial charge in [0.1, 0.15) is 15.4 Å². The van der Waals surface area contributed by atoms with Crippen LogP contribution in [-0.4, -0.2) is 45.1 Å². The topological polar surface area (TPSA) is 98.9 Å². The number of nitrogens with one attached hydrogen (secondary N) is 1. The summed E-state index contributed by atoms with van der Waals surface area (Å²) < 4.78 is 26.5. The summed E-state index contributed by atoms with van der Waals surface area (Å²) in [5.74, 6) is 0.866. The van der Waals surface area contributed by atoms with E-state index in [1.165, 1.54) is 0 Å². The molecule has 0 radical (unpaired) electrons. The maximum absolute atomic E-state index is 12.6. The second kappa shape index (κ2) is 6.12. The number of hydrogen-bond acceptors (Lipinski definition) is 6. The quantitative estimate of drug-likeness (QED) is 0.878. The lowest BCUT2D eigenvalue weighted by molar-refractivity contribution is 0.506. The largest absolute Gasteiger partial charge is 0.351 e. The smallest absolute Gasteiger partial charge is 0.330 e. The number of hydrogen-bond donors (Lipinski definition) is 1. The molecule has 0 bridgehead atoms. The fourth-order valence-electron chi connectivity index (χ4n) is 3.91. The van der Waals surface area contributed by atoms with Gasteiger partial charge in [-0.05, 0) is 25.7 Å². The van der Waals surface area contributed by atoms with Crippen LogP contribution in [0, 0.1) is 0 Å². The molecular formula is C16H23N5O3S. The predicted molar refractivity (Wildman–Crippen MR) is 95.6 cm³/mol. The first-order chi connectivity index (χ1) is 11.9. The zero-order valence-corrected chi connectivity index (χ0v) is 15.1. The average Bonchev–Trinajstić information content (AvgIpc) is 3.18. The van der Waals surface area contributed by atoms with E-state index < -0.39 is 9.84 Å². The summed E-state index contributed by atoms with van der Waals surface area (Å²) >= 11 is 0. The van der Waals surface area contributed by atoms with E-state index in [-0.39, 0.29) is 29.3 Å². The Morgan fingerprint density at radius 3 is 2.52 bits per heavy atom. The first-order valence-corrected chi connectivity index (χ1v) is 10.7. The van der Waals surface area contributed by atoms with Gasteiger partial charge >= 0.3 is 5.69 Å². The van der Waals surface area contributed by atoms with Crippen LogP contribution in [0.4, 0.5) is 5.95 Å². The van der Waals surface area contributed by atoms with Gasteiger partial charge in [-0.1, -0.05) is 12.8 Å². The third kappa shape index (κ3) is 3.05. The number of fused-ring (bicyclic) bond motifs is 1. The minimum Gasteiger partial charge on any atom is -0.351 e. The van der Waals surface area contributed by atoms with E-state index in [1.54, 1.807) is 22.4 Å². The average molecular weight is 365 g/mol. The van der Waals surface area contributed by atoms with Crippen LogP contribution in [0.5, 0.6) is 0 Å². The van der Waals surface area contributed by atoms with Crippen molar-refractivity contribution >= 4 is 26.9 Å². The molecule has 2 aliphatic rings. The molecular weight excluding hydrogens is 342 g/mol. The highest BCUT2D eigenvalue weighted by molar-refractivity contribution is 7.91. The summed E-state index contributed by atoms with van der Waals surface area (Å²) in [5, 5.41) is 3.25. The summed E-state index contributed by atoms with van der Waals surface area (Å²) in [6.07, 6.45) is 7.10. The van der Waals surface area contributed by atoms with Gasteiger partial charge in [-0.25, -0.2) is 18.2 Å². The van der Waals surface area contributed by atoms with Crippen LogP contribution in [-0.2, 0) is 16.9 Å². The molecule has 1 aliphatic heterocycles. The van der Waals surface area contributed by atoms with Gasteiger partial charge in [-0.15, -0.1) is 0 Å². The van der Waals surface area contributed by atoms with Gasteiger partial charge in [0.05, 0.1) is 17.7 Å². The maximum atomic E-state index is 12.6. The van der Waals surface area contributed by atoms with Crippen LogP contribution in [0.1, 0.15) is 44.6 Å². The molecule has 136 valence electrons. The Morgan fingerprint density at radius 2 is 1.84 bits per heavy atom. The fraction of sp³-hybridized carbons (Fsp3) is 0.688. The second-order valence-corrected chi connectivity index (χ2v) is 9.43. The van der Waals surface area contributed by atoms with Crippen LogP contribution in [0.3, 0.4) is 0 Å². The number of rotatable bonds is 3. The van der Waals surface area contributed by atoms with Gasteiger partial charge in [-0.3, -0.25) is 9.13 Å². The molecule has 8 nitrogen and oxygen atoms in total. The molecule has 2 aromatic rings. The van der Waals surface area contributed by atoms with Gasteiger partial charge in [0.15, 0.2) is 5.65 Å². The van der Waals surface area contributed by atoms with E-state index in [4.69, 9.17) is 0 Å². The van der Waals surface area contributed by atoms with E-state index in [9.17, 15) is 13.2 Å². The minimum atomic E-state index is -2.89. The van der Waals surface area contributed by atoms with Crippen molar-refractivity contribution in [2.24, 2.45) is 7.05 Å². The first-order valence-electron chi connectivity index (χ1n) is 8.85. The fourth-order valence-corrected chi connectivity index (χ4v) is 5.41. The molecule has 1 saturated carbocycles. The SMILES string of the molecule is Cn1c(=O)n(C2CCCC2)c2nc(NC3CCS(=O)(=O)CC3)ncc21. The lowest BCUT2D eigenvalue weighted by Gasteiger charge is -2.23. The van der Waals surface area contributed by atoms with E-state index in [1.807, 2.05) is 0 Å². The van der Waals surface area contributed by atoms with E-state index in [0.717, 1.165) is 31.2 Å². The van der Waals surface area contributed by atoms with Crippen molar-refractivity contribution in [1.82, 2.24) is 19.1 Å². The lowest BCUT2D eigenvalue weighted by Crippen LogP contribution is -2.32. The van der Waals surface area contributed by atoms with Crippen LogP contribution in [0.25, 0.3) is 11.2 Å². The highest BCUT2D eigenvalue weighted by Gasteiger charge is 2.26. The Labute approximate surface area is 146 Å². The third-order valence-corrected chi connectivity index (χ3v) is 7.13. The molecule has 0 spiro atoms. The number of imidazole rings is 1. The molecule has 0 unspecified atom stereocenters. The Bertz CT molecular complexity index is 942. The molecule has 9 heteroatoms. The Hall–Kier alpha value is -1.90. The van der Waals surface area contributed by atoms with E-state index in [2.05, 4.69) is 15.3 Å². The van der Waals surface area contributed by atoms with Crippen molar-refractivity contribution in [1.29, 1.82) is 0 Å². The summed E-state index contributed by atoms with van der Waals surface area (Å²) in [5.41, 5.74) is 1.35. The van der Waals surface area contributed by atoms with Crippen molar-refractivity contribution in [3.05, 3.63) is 16.7 Å². The Kier molecular flexibility index (Phi) is 4.05. The van der Waals surface area contributed by atoms with Gasteiger partial charge in [-0.2, -0.15) is 4.98 Å². The van der Waals surface area contributed by atoms with E-state index >= 15 is 0 Å². The number of aryl methyl sites for hydroxylation is 1. The number of anilines is 1. The summed E-state index contributed by atoms with van der Waals surface area (Å²) in [7, 11) is -1.14. The molecule has 0 atom stereocenters. The minimum absolute atomic E-state index is 0.0443. The van der Waals surface area contributed by atoms with Crippen molar-refractivity contribution in [3.63, 3.8) is 0 Å². The second-order valence-electron chi connectivity index (χ2n) is 7.12. The standard InChI is InChI=1S/C16H23N5O3S/c1-20-13-10-17-15(18-11-6-8-25(23,24)9-7-11)19-14(13)21(16(20)22)12-4-2-3-5-12/h10-12H,2-9H2,1H3,(H,17,18,19). The monoisotopic (exact) mass is 365 g/mol. The normalized spacial score (nSPS) is 21.8. The van der Waals surface area contributed by atoms with Crippen molar-refractivity contribution in [2.75, 3.05) is 16.8 Å². The highest BCUT2D eigenvalue weighted by atomic mass is 32.2. The molecule has 3 heterocycles. The molecule has 1 N–H and O–H groups in total. The molecule has 0 amide bonds. The molecule has 25 heavy (non-hydrogen) atoms. The Morgan fingerprint density at radius 1 is 1.16 bits per heavy atom. The van der Waals surface area contributed by atoms with Gasteiger partial charge in [0.2, 0.25) is 5.95 Å². The van der Waals surface area contributed by atoms with Crippen LogP contribution >= 0.6 is 0 Å². The summed E-state index contributed by atoms with van der Waals surface area (Å²) in [6, 6.07) is 0.259. The van der Waals surface area contributed by atoms with Crippen molar-refractivity contribution in [3.8, 4) is 0 Å². The van der Waals surface area contributed by atoms with Crippen LogP contribution in [0.2, 0.25) is 0 Å². The maximum Gasteiger partial charge on any atom is 0.330 e. The molecule has 1 saturated heterocycles. The van der Waals surface area contributed by atoms with Gasteiger partial charge < -0.3 is 5.32 Å². The lowest BCUT2D eigenvalue weighted by atomic mass is 10.2. The number of aromatic nitrogens is 4. The van der Waals surface area contributed by atoms with Crippen LogP contribution in [0.15, 0.2) is 11.0 Å². The predicted octanol–water partition coefficient (Wildman–Crippen LogP) is 1.23. The number of sulfone groups is 1. The van der Waals surface area contributed by atoms with Crippen molar-refractivity contribution in [2.45, 2.75) is 50.6 Å². The highest BCUT2D eigenvalue weighted by Crippen LogP contribution is 2.30. The van der Waals surface area contributed by atoms with Gasteiger partial charge in [0.25, 0.3) is 0 Å². The molecule has 2 fully saturated rings. The van der Waals surface area contributed by atoms with Crippen LogP contribution < -0.4 is 11.0 Å². The zero-order valence-electron chi connectivity index (χ0n) is 14.3. The summed E-state index contributed by atoms with van der Waals surface area (Å²) in [6.45, 7) is 0. The molecule has 0 aromatic carbocycles. The third-order valence-electron chi connectivity index (χ3n) is 5.41. The number of nitrogens with zero attached hydrogens (tertiary/aromatic N) is 4. The zero-order chi connectivity index (χ0) is 17.6. The van der Waals surface area contributed by atoms with Gasteiger partial charge in [0, 0.05) is 19.1 Å².